The van der Waals surface area contributed by atoms with Crippen LogP contribution in [0.25, 0.3) is 0 Å². The van der Waals surface area contributed by atoms with Gasteiger partial charge in [0.15, 0.2) is 0 Å². The number of aliphatic carboxylic acids is 1. The van der Waals surface area contributed by atoms with E-state index in [1.54, 1.807) is 0 Å². The van der Waals surface area contributed by atoms with Crippen LogP contribution in [0, 0.1) is 5.41 Å². The van der Waals surface area contributed by atoms with Crippen LogP contribution in [0.2, 0.25) is 0 Å². The molecule has 4 nitrogen and oxygen atoms in total. The molecule has 15 heavy (non-hydrogen) atoms. The van der Waals surface area contributed by atoms with Gasteiger partial charge in [-0.25, -0.2) is 4.79 Å². The number of carboxylic acids is 1. The van der Waals surface area contributed by atoms with Crippen molar-refractivity contribution in [2.45, 2.75) is 39.2 Å². The molecule has 0 aromatic heterocycles. The van der Waals surface area contributed by atoms with Crippen LogP contribution in [0.1, 0.15) is 33.1 Å². The summed E-state index contributed by atoms with van der Waals surface area (Å²) in [6.07, 6.45) is 5.11. The van der Waals surface area contributed by atoms with Gasteiger partial charge < -0.3 is 10.4 Å². The maximum Gasteiger partial charge on any atom is 0.328 e. The molecule has 1 saturated carbocycles. The molecule has 0 aromatic rings. The van der Waals surface area contributed by atoms with Crippen molar-refractivity contribution in [3.8, 4) is 0 Å². The minimum Gasteiger partial charge on any atom is -0.478 e. The molecular formula is C11H17NO3. The van der Waals surface area contributed by atoms with Gasteiger partial charge in [-0.15, -0.1) is 0 Å². The van der Waals surface area contributed by atoms with Crippen molar-refractivity contribution in [3.05, 3.63) is 12.2 Å². The zero-order valence-electron chi connectivity index (χ0n) is 9.12. The summed E-state index contributed by atoms with van der Waals surface area (Å²) in [5.74, 6) is -1.42. The second-order valence-electron chi connectivity index (χ2n) is 4.61. The third-order valence-electron chi connectivity index (χ3n) is 2.95. The molecule has 0 heterocycles. The SMILES string of the molecule is CC1(C)CCCC1NC(=O)C=CC(=O)O. The van der Waals surface area contributed by atoms with Gasteiger partial charge in [-0.1, -0.05) is 20.3 Å². The lowest BCUT2D eigenvalue weighted by Crippen LogP contribution is -2.40. The second-order valence-corrected chi connectivity index (χ2v) is 4.61. The fraction of sp³-hybridized carbons (Fsp3) is 0.636. The largest absolute Gasteiger partial charge is 0.478 e. The summed E-state index contributed by atoms with van der Waals surface area (Å²) in [7, 11) is 0. The molecule has 1 rings (SSSR count). The van der Waals surface area contributed by atoms with Crippen molar-refractivity contribution < 1.29 is 14.7 Å². The lowest BCUT2D eigenvalue weighted by molar-refractivity contribution is -0.131. The summed E-state index contributed by atoms with van der Waals surface area (Å²) in [6.45, 7) is 4.23. The molecule has 1 unspecified atom stereocenters. The van der Waals surface area contributed by atoms with E-state index >= 15 is 0 Å². The van der Waals surface area contributed by atoms with Crippen LogP contribution in [-0.2, 0) is 9.59 Å². The van der Waals surface area contributed by atoms with E-state index in [9.17, 15) is 9.59 Å². The van der Waals surface area contributed by atoms with E-state index in [1.165, 1.54) is 0 Å². The summed E-state index contributed by atoms with van der Waals surface area (Å²) in [5, 5.41) is 11.2. The molecule has 84 valence electrons. The summed E-state index contributed by atoms with van der Waals surface area (Å²) in [5.41, 5.74) is 0.118. The lowest BCUT2D eigenvalue weighted by atomic mass is 9.87. The predicted molar refractivity (Wildman–Crippen MR) is 56.3 cm³/mol. The van der Waals surface area contributed by atoms with Crippen LogP contribution >= 0.6 is 0 Å². The minimum atomic E-state index is -1.10. The van der Waals surface area contributed by atoms with Crippen molar-refractivity contribution in [3.63, 3.8) is 0 Å². The van der Waals surface area contributed by atoms with E-state index in [4.69, 9.17) is 5.11 Å². The predicted octanol–water partition coefficient (Wildman–Crippen LogP) is 1.32. The van der Waals surface area contributed by atoms with Crippen molar-refractivity contribution >= 4 is 11.9 Å². The number of carbonyl (C=O) groups is 2. The number of carboxylic acid groups (broad SMARTS) is 1. The number of amides is 1. The molecule has 0 aliphatic heterocycles. The average molecular weight is 211 g/mol. The Kier molecular flexibility index (Phi) is 3.50. The minimum absolute atomic E-state index is 0.118. The Morgan fingerprint density at radius 3 is 2.53 bits per heavy atom. The van der Waals surface area contributed by atoms with Gasteiger partial charge in [0.1, 0.15) is 0 Å². The molecule has 0 spiro atoms. The molecule has 1 fully saturated rings. The van der Waals surface area contributed by atoms with Crippen molar-refractivity contribution in [2.75, 3.05) is 0 Å². The van der Waals surface area contributed by atoms with Gasteiger partial charge in [-0.05, 0) is 18.3 Å². The van der Waals surface area contributed by atoms with Gasteiger partial charge in [0.05, 0.1) is 0 Å². The third kappa shape index (κ3) is 3.38. The van der Waals surface area contributed by atoms with Crippen LogP contribution in [-0.4, -0.2) is 23.0 Å². The zero-order valence-corrected chi connectivity index (χ0v) is 9.12. The highest BCUT2D eigenvalue weighted by Crippen LogP contribution is 2.37. The van der Waals surface area contributed by atoms with Crippen LogP contribution in [0.5, 0.6) is 0 Å². The maximum atomic E-state index is 11.3. The van der Waals surface area contributed by atoms with Crippen LogP contribution in [0.3, 0.4) is 0 Å². The van der Waals surface area contributed by atoms with E-state index in [2.05, 4.69) is 19.2 Å². The molecule has 0 saturated heterocycles. The third-order valence-corrected chi connectivity index (χ3v) is 2.95. The molecular weight excluding hydrogens is 194 g/mol. The smallest absolute Gasteiger partial charge is 0.328 e. The summed E-state index contributed by atoms with van der Waals surface area (Å²) < 4.78 is 0. The fourth-order valence-corrected chi connectivity index (χ4v) is 1.96. The normalized spacial score (nSPS) is 24.3. The van der Waals surface area contributed by atoms with E-state index in [1.807, 2.05) is 0 Å². The van der Waals surface area contributed by atoms with Crippen molar-refractivity contribution in [1.29, 1.82) is 0 Å². The van der Waals surface area contributed by atoms with E-state index in [-0.39, 0.29) is 17.4 Å². The first kappa shape index (κ1) is 11.8. The Hall–Kier alpha value is -1.32. The quantitative estimate of drug-likeness (QED) is 0.692. The molecule has 1 amide bonds. The van der Waals surface area contributed by atoms with Gasteiger partial charge in [0.25, 0.3) is 0 Å². The first-order valence-corrected chi connectivity index (χ1v) is 5.13. The monoisotopic (exact) mass is 211 g/mol. The molecule has 0 aromatic carbocycles. The van der Waals surface area contributed by atoms with Crippen molar-refractivity contribution in [1.82, 2.24) is 5.32 Å². The zero-order chi connectivity index (χ0) is 11.5. The molecule has 0 radical (unpaired) electrons. The van der Waals surface area contributed by atoms with Crippen molar-refractivity contribution in [2.24, 2.45) is 5.41 Å². The first-order valence-electron chi connectivity index (χ1n) is 5.13. The van der Waals surface area contributed by atoms with E-state index in [0.29, 0.717) is 0 Å². The topological polar surface area (TPSA) is 66.4 Å². The highest BCUT2D eigenvalue weighted by Gasteiger charge is 2.34. The number of hydrogen-bond acceptors (Lipinski definition) is 2. The van der Waals surface area contributed by atoms with Gasteiger partial charge in [0, 0.05) is 18.2 Å². The fourth-order valence-electron chi connectivity index (χ4n) is 1.96. The van der Waals surface area contributed by atoms with Crippen LogP contribution in [0.15, 0.2) is 12.2 Å². The molecule has 2 N–H and O–H groups in total. The standard InChI is InChI=1S/C11H17NO3/c1-11(2)7-3-4-8(11)12-9(13)5-6-10(14)15/h5-6,8H,3-4,7H2,1-2H3,(H,12,13)(H,14,15). The number of rotatable bonds is 3. The Labute approximate surface area is 89.4 Å². The molecule has 1 aliphatic carbocycles. The average Bonchev–Trinajstić information content (AvgIpc) is 2.43. The van der Waals surface area contributed by atoms with Gasteiger partial charge in [0.2, 0.25) is 5.91 Å². The maximum absolute atomic E-state index is 11.3. The van der Waals surface area contributed by atoms with E-state index in [0.717, 1.165) is 31.4 Å². The molecule has 1 aliphatic rings. The Balaban J connectivity index is 2.48. The summed E-state index contributed by atoms with van der Waals surface area (Å²) in [6, 6.07) is 0.156. The highest BCUT2D eigenvalue weighted by molar-refractivity contribution is 5.94. The highest BCUT2D eigenvalue weighted by atomic mass is 16.4. The first-order chi connectivity index (χ1) is 6.92. The number of hydrogen-bond donors (Lipinski definition) is 2. The summed E-state index contributed by atoms with van der Waals surface area (Å²) in [4.78, 5) is 21.5. The number of nitrogens with one attached hydrogen (secondary N) is 1. The molecule has 4 heteroatoms. The van der Waals surface area contributed by atoms with Gasteiger partial charge in [-0.2, -0.15) is 0 Å². The van der Waals surface area contributed by atoms with Gasteiger partial charge in [-0.3, -0.25) is 4.79 Å². The Bertz CT molecular complexity index is 294. The van der Waals surface area contributed by atoms with Crippen LogP contribution in [0.4, 0.5) is 0 Å². The molecule has 0 bridgehead atoms. The second kappa shape index (κ2) is 4.47. The number of carbonyl (C=O) groups excluding carboxylic acids is 1. The Morgan fingerprint density at radius 1 is 1.40 bits per heavy atom. The van der Waals surface area contributed by atoms with E-state index < -0.39 is 5.97 Å². The Morgan fingerprint density at radius 2 is 2.07 bits per heavy atom. The molecule has 1 atom stereocenters. The lowest BCUT2D eigenvalue weighted by Gasteiger charge is -2.27. The van der Waals surface area contributed by atoms with Crippen LogP contribution < -0.4 is 5.32 Å². The summed E-state index contributed by atoms with van der Waals surface area (Å²) >= 11 is 0. The van der Waals surface area contributed by atoms with Gasteiger partial charge >= 0.3 is 5.97 Å².